The number of anilines is 2. The molecule has 0 atom stereocenters. The highest BCUT2D eigenvalue weighted by Crippen LogP contribution is 2.41. The van der Waals surface area contributed by atoms with Crippen molar-refractivity contribution >= 4 is 23.3 Å². The second kappa shape index (κ2) is 9.57. The number of halogens is 3. The minimum atomic E-state index is -4.51. The summed E-state index contributed by atoms with van der Waals surface area (Å²) >= 11 is 0. The molecule has 1 saturated heterocycles. The Morgan fingerprint density at radius 2 is 1.76 bits per heavy atom. The number of amides is 3. The summed E-state index contributed by atoms with van der Waals surface area (Å²) in [6.07, 6.45) is 3.66. The molecule has 10 heteroatoms. The lowest BCUT2D eigenvalue weighted by Gasteiger charge is -2.39. The smallest absolute Gasteiger partial charge is 0.325 e. The average molecular weight is 512 g/mol. The minimum absolute atomic E-state index is 0.0475. The fourth-order valence-corrected chi connectivity index (χ4v) is 5.36. The van der Waals surface area contributed by atoms with Gasteiger partial charge in [0.25, 0.3) is 0 Å². The number of carbonyl (C=O) groups is 2. The average Bonchev–Trinajstić information content (AvgIpc) is 3.41. The molecule has 7 nitrogen and oxygen atoms in total. The number of hydrogen-bond acceptors (Lipinski definition) is 3. The van der Waals surface area contributed by atoms with E-state index in [4.69, 9.17) is 0 Å². The van der Waals surface area contributed by atoms with Gasteiger partial charge in [-0.15, -0.1) is 0 Å². The highest BCUT2D eigenvalue weighted by atomic mass is 19.4. The van der Waals surface area contributed by atoms with Crippen LogP contribution in [-0.4, -0.2) is 45.0 Å². The summed E-state index contributed by atoms with van der Waals surface area (Å²) in [6, 6.07) is 11.8. The zero-order valence-electron chi connectivity index (χ0n) is 20.5. The van der Waals surface area contributed by atoms with Crippen LogP contribution in [0.15, 0.2) is 61.1 Å². The highest BCUT2D eigenvalue weighted by molar-refractivity contribution is 6.00. The van der Waals surface area contributed by atoms with Crippen molar-refractivity contribution in [3.05, 3.63) is 72.3 Å². The van der Waals surface area contributed by atoms with E-state index in [1.807, 2.05) is 42.0 Å². The van der Waals surface area contributed by atoms with Crippen molar-refractivity contribution in [1.29, 1.82) is 0 Å². The number of nitrogens with zero attached hydrogens (tertiary/aromatic N) is 4. The van der Waals surface area contributed by atoms with E-state index in [2.05, 4.69) is 10.3 Å². The number of alkyl halides is 3. The zero-order chi connectivity index (χ0) is 26.2. The van der Waals surface area contributed by atoms with Crippen molar-refractivity contribution in [1.82, 2.24) is 14.5 Å². The zero-order valence-corrected chi connectivity index (χ0v) is 20.5. The summed E-state index contributed by atoms with van der Waals surface area (Å²) in [7, 11) is 0. The van der Waals surface area contributed by atoms with E-state index in [-0.39, 0.29) is 18.3 Å². The number of aryl methyl sites for hydroxylation is 1. The number of carbonyl (C=O) groups excluding carboxylic acids is 2. The molecule has 1 aliphatic carbocycles. The second-order valence-electron chi connectivity index (χ2n) is 9.81. The lowest BCUT2D eigenvalue weighted by Crippen LogP contribution is -2.51. The summed E-state index contributed by atoms with van der Waals surface area (Å²) in [5.74, 6) is -0.523. The number of hydrogen-bond donors (Lipinski definition) is 1. The van der Waals surface area contributed by atoms with Gasteiger partial charge in [0.05, 0.1) is 29.7 Å². The first kappa shape index (κ1) is 24.9. The SMILES string of the molecule is Cc1cn(-c2ccc(N3CC4(CCCCC4)N(CC(=O)Nc4cccc(C(F)(F)F)c4)C3=O)cc2)cn1. The number of benzene rings is 2. The first-order valence-electron chi connectivity index (χ1n) is 12.3. The van der Waals surface area contributed by atoms with Gasteiger partial charge >= 0.3 is 12.2 Å². The van der Waals surface area contributed by atoms with Crippen LogP contribution >= 0.6 is 0 Å². The fraction of sp³-hybridized carbons (Fsp3) is 0.370. The van der Waals surface area contributed by atoms with E-state index in [0.29, 0.717) is 6.54 Å². The molecule has 1 aliphatic heterocycles. The Kier molecular flexibility index (Phi) is 6.43. The molecule has 1 aromatic heterocycles. The van der Waals surface area contributed by atoms with Crippen molar-refractivity contribution in [3.8, 4) is 5.69 Å². The van der Waals surface area contributed by atoms with Gasteiger partial charge in [-0.25, -0.2) is 9.78 Å². The van der Waals surface area contributed by atoms with Crippen molar-refractivity contribution in [2.24, 2.45) is 0 Å². The van der Waals surface area contributed by atoms with Gasteiger partial charge in [0.15, 0.2) is 0 Å². The van der Waals surface area contributed by atoms with Crippen molar-refractivity contribution in [3.63, 3.8) is 0 Å². The number of imidazole rings is 1. The predicted octanol–water partition coefficient (Wildman–Crippen LogP) is 5.78. The Balaban J connectivity index is 1.35. The molecular weight excluding hydrogens is 483 g/mol. The number of rotatable bonds is 5. The standard InChI is InChI=1S/C27H28F3N5O2/c1-19-15-33(18-31-19)22-8-10-23(11-9-22)34-17-26(12-3-2-4-13-26)35(25(34)37)16-24(36)32-21-7-5-6-20(14-21)27(28,29)30/h5-11,14-15,18H,2-4,12-13,16-17H2,1H3,(H,32,36). The van der Waals surface area contributed by atoms with Crippen LogP contribution in [0, 0.1) is 6.92 Å². The van der Waals surface area contributed by atoms with Crippen LogP contribution in [0.5, 0.6) is 0 Å². The molecule has 1 spiro atoms. The second-order valence-corrected chi connectivity index (χ2v) is 9.81. The molecule has 0 radical (unpaired) electrons. The fourth-order valence-electron chi connectivity index (χ4n) is 5.36. The topological polar surface area (TPSA) is 70.5 Å². The maximum absolute atomic E-state index is 13.6. The Labute approximate surface area is 212 Å². The summed E-state index contributed by atoms with van der Waals surface area (Å²) in [4.78, 5) is 34.1. The van der Waals surface area contributed by atoms with Crippen LogP contribution < -0.4 is 10.2 Å². The molecule has 0 bridgehead atoms. The van der Waals surface area contributed by atoms with E-state index in [0.717, 1.165) is 61.3 Å². The van der Waals surface area contributed by atoms with E-state index in [1.54, 1.807) is 16.1 Å². The van der Waals surface area contributed by atoms with Gasteiger partial charge in [-0.2, -0.15) is 13.2 Å². The molecule has 3 aromatic rings. The van der Waals surface area contributed by atoms with E-state index in [9.17, 15) is 22.8 Å². The van der Waals surface area contributed by atoms with E-state index in [1.165, 1.54) is 12.1 Å². The summed E-state index contributed by atoms with van der Waals surface area (Å²) in [6.45, 7) is 2.15. The Morgan fingerprint density at radius 3 is 2.41 bits per heavy atom. The molecule has 2 fully saturated rings. The van der Waals surface area contributed by atoms with Gasteiger partial charge in [0.2, 0.25) is 5.91 Å². The molecule has 2 aliphatic rings. The maximum atomic E-state index is 13.6. The molecule has 1 saturated carbocycles. The predicted molar refractivity (Wildman–Crippen MR) is 134 cm³/mol. The largest absolute Gasteiger partial charge is 0.416 e. The van der Waals surface area contributed by atoms with Crippen molar-refractivity contribution < 1.29 is 22.8 Å². The first-order chi connectivity index (χ1) is 17.6. The Bertz CT molecular complexity index is 1300. The van der Waals surface area contributed by atoms with Gasteiger partial charge in [0.1, 0.15) is 6.54 Å². The first-order valence-corrected chi connectivity index (χ1v) is 12.3. The van der Waals surface area contributed by atoms with Crippen molar-refractivity contribution in [2.75, 3.05) is 23.3 Å². The molecule has 0 unspecified atom stereocenters. The molecule has 2 heterocycles. The van der Waals surface area contributed by atoms with Gasteiger partial charge in [-0.3, -0.25) is 9.69 Å². The van der Waals surface area contributed by atoms with Gasteiger partial charge in [0, 0.05) is 23.3 Å². The monoisotopic (exact) mass is 511 g/mol. The summed E-state index contributed by atoms with van der Waals surface area (Å²) in [5.41, 5.74) is 1.27. The minimum Gasteiger partial charge on any atom is -0.325 e. The number of urea groups is 1. The Morgan fingerprint density at radius 1 is 1.05 bits per heavy atom. The third-order valence-electron chi connectivity index (χ3n) is 7.22. The van der Waals surface area contributed by atoms with Gasteiger partial charge < -0.3 is 14.8 Å². The molecule has 37 heavy (non-hydrogen) atoms. The molecule has 194 valence electrons. The third-order valence-corrected chi connectivity index (χ3v) is 7.22. The lowest BCUT2D eigenvalue weighted by atomic mass is 9.81. The van der Waals surface area contributed by atoms with E-state index < -0.39 is 23.2 Å². The van der Waals surface area contributed by atoms with Crippen LogP contribution in [0.4, 0.5) is 29.3 Å². The van der Waals surface area contributed by atoms with Crippen LogP contribution in [0.25, 0.3) is 5.69 Å². The third kappa shape index (κ3) is 5.05. The lowest BCUT2D eigenvalue weighted by molar-refractivity contribution is -0.137. The molecule has 5 rings (SSSR count). The van der Waals surface area contributed by atoms with Crippen LogP contribution in [0.1, 0.15) is 43.4 Å². The molecule has 2 aromatic carbocycles. The van der Waals surface area contributed by atoms with Crippen LogP contribution in [0.2, 0.25) is 0 Å². The van der Waals surface area contributed by atoms with Gasteiger partial charge in [-0.1, -0.05) is 25.3 Å². The quantitative estimate of drug-likeness (QED) is 0.472. The van der Waals surface area contributed by atoms with E-state index >= 15 is 0 Å². The van der Waals surface area contributed by atoms with Gasteiger partial charge in [-0.05, 0) is 62.2 Å². The summed E-state index contributed by atoms with van der Waals surface area (Å²) < 4.78 is 41.1. The Hall–Kier alpha value is -3.82. The molecular formula is C27H28F3N5O2. The highest BCUT2D eigenvalue weighted by Gasteiger charge is 2.50. The van der Waals surface area contributed by atoms with Crippen molar-refractivity contribution in [2.45, 2.75) is 50.7 Å². The molecule has 3 amide bonds. The maximum Gasteiger partial charge on any atom is 0.416 e. The molecule has 1 N–H and O–H groups in total. The van der Waals surface area contributed by atoms with Crippen LogP contribution in [0.3, 0.4) is 0 Å². The van der Waals surface area contributed by atoms with Crippen LogP contribution in [-0.2, 0) is 11.0 Å². The normalized spacial score (nSPS) is 17.5. The summed E-state index contributed by atoms with van der Waals surface area (Å²) in [5, 5.41) is 2.55. The number of nitrogens with one attached hydrogen (secondary N) is 1. The number of aromatic nitrogens is 2.